The predicted octanol–water partition coefficient (Wildman–Crippen LogP) is 1.56. The number of aromatic nitrogens is 1. The van der Waals surface area contributed by atoms with Crippen LogP contribution in [0.3, 0.4) is 0 Å². The van der Waals surface area contributed by atoms with Crippen LogP contribution >= 0.6 is 12.2 Å². The van der Waals surface area contributed by atoms with Gasteiger partial charge in [0, 0.05) is 18.8 Å². The van der Waals surface area contributed by atoms with Crippen molar-refractivity contribution in [2.24, 2.45) is 5.73 Å². The maximum atomic E-state index is 10.3. The van der Waals surface area contributed by atoms with E-state index in [9.17, 15) is 5.11 Å². The molecule has 5 heteroatoms. The summed E-state index contributed by atoms with van der Waals surface area (Å²) in [5.74, 6) is 0.859. The van der Waals surface area contributed by atoms with Crippen LogP contribution in [0.4, 0.5) is 5.82 Å². The van der Waals surface area contributed by atoms with E-state index < -0.39 is 5.60 Å². The van der Waals surface area contributed by atoms with Crippen molar-refractivity contribution in [2.75, 3.05) is 18.0 Å². The van der Waals surface area contributed by atoms with Crippen molar-refractivity contribution in [3.05, 3.63) is 22.9 Å². The van der Waals surface area contributed by atoms with Gasteiger partial charge in [-0.3, -0.25) is 0 Å². The Balaban J connectivity index is 2.01. The highest BCUT2D eigenvalue weighted by Crippen LogP contribution is 2.31. The molecule has 0 bridgehead atoms. The van der Waals surface area contributed by atoms with E-state index in [0.29, 0.717) is 11.5 Å². The molecule has 0 saturated carbocycles. The average Bonchev–Trinajstić information content (AvgIpc) is 2.83. The Kier molecular flexibility index (Phi) is 3.42. The minimum absolute atomic E-state index is 0.396. The molecule has 20 heavy (non-hydrogen) atoms. The summed E-state index contributed by atoms with van der Waals surface area (Å²) < 4.78 is 0. The fraction of sp³-hybridized carbons (Fsp3) is 0.600. The normalized spacial score (nSPS) is 25.6. The van der Waals surface area contributed by atoms with Gasteiger partial charge in [-0.1, -0.05) is 12.2 Å². The van der Waals surface area contributed by atoms with Gasteiger partial charge in [0.15, 0.2) is 0 Å². The third kappa shape index (κ3) is 2.52. The van der Waals surface area contributed by atoms with Crippen LogP contribution in [0.2, 0.25) is 0 Å². The highest BCUT2D eigenvalue weighted by atomic mass is 32.1. The Morgan fingerprint density at radius 1 is 1.45 bits per heavy atom. The van der Waals surface area contributed by atoms with E-state index in [4.69, 9.17) is 22.9 Å². The molecular weight excluding hydrogens is 270 g/mol. The van der Waals surface area contributed by atoms with Crippen LogP contribution in [0.15, 0.2) is 6.07 Å². The van der Waals surface area contributed by atoms with E-state index in [-0.39, 0.29) is 0 Å². The molecule has 2 aliphatic rings. The Morgan fingerprint density at radius 2 is 2.25 bits per heavy atom. The van der Waals surface area contributed by atoms with Gasteiger partial charge in [-0.15, -0.1) is 0 Å². The lowest BCUT2D eigenvalue weighted by Gasteiger charge is -2.38. The quantitative estimate of drug-likeness (QED) is 0.810. The number of β-amino-alcohol motifs (C(OH)–C–C–N with tert-alkyl or cyclic N) is 1. The molecule has 0 spiro atoms. The standard InChI is InChI=1S/C15H21N3OS/c1-15(19)6-3-7-18(9-15)14-11(13(16)20)8-10-4-2-5-12(10)17-14/h8,19H,2-7,9H2,1H3,(H2,16,20). The number of aryl methyl sites for hydroxylation is 2. The summed E-state index contributed by atoms with van der Waals surface area (Å²) in [5, 5.41) is 10.3. The van der Waals surface area contributed by atoms with Crippen LogP contribution in [-0.4, -0.2) is 33.8 Å². The molecule has 3 rings (SSSR count). The number of hydrogen-bond donors (Lipinski definition) is 2. The first kappa shape index (κ1) is 13.8. The van der Waals surface area contributed by atoms with Crippen molar-refractivity contribution in [1.29, 1.82) is 0 Å². The number of pyridine rings is 1. The molecule has 0 aromatic carbocycles. The van der Waals surface area contributed by atoms with E-state index in [1.165, 1.54) is 11.3 Å². The topological polar surface area (TPSA) is 62.4 Å². The SMILES string of the molecule is CC1(O)CCCN(c2nc3c(cc2C(N)=S)CCC3)C1. The third-order valence-electron chi connectivity index (χ3n) is 4.27. The zero-order valence-corrected chi connectivity index (χ0v) is 12.7. The van der Waals surface area contributed by atoms with Gasteiger partial charge in [0.2, 0.25) is 0 Å². The molecule has 1 fully saturated rings. The number of aliphatic hydroxyl groups is 1. The lowest BCUT2D eigenvalue weighted by molar-refractivity contribution is 0.0447. The second kappa shape index (κ2) is 4.97. The molecule has 1 aliphatic carbocycles. The van der Waals surface area contributed by atoms with Crippen LogP contribution < -0.4 is 10.6 Å². The highest BCUT2D eigenvalue weighted by Gasteiger charge is 2.31. The fourth-order valence-electron chi connectivity index (χ4n) is 3.28. The monoisotopic (exact) mass is 291 g/mol. The molecule has 0 radical (unpaired) electrons. The molecule has 2 heterocycles. The average molecular weight is 291 g/mol. The van der Waals surface area contributed by atoms with Gasteiger partial charge in [-0.25, -0.2) is 4.98 Å². The van der Waals surface area contributed by atoms with Crippen molar-refractivity contribution in [1.82, 2.24) is 4.98 Å². The molecule has 1 unspecified atom stereocenters. The van der Waals surface area contributed by atoms with Gasteiger partial charge in [0.05, 0.1) is 11.2 Å². The van der Waals surface area contributed by atoms with Crippen LogP contribution in [0.5, 0.6) is 0 Å². The van der Waals surface area contributed by atoms with Crippen molar-refractivity contribution < 1.29 is 5.11 Å². The number of nitrogens with two attached hydrogens (primary N) is 1. The minimum Gasteiger partial charge on any atom is -0.389 e. The summed E-state index contributed by atoms with van der Waals surface area (Å²) in [5.41, 5.74) is 8.53. The van der Waals surface area contributed by atoms with Gasteiger partial charge in [-0.2, -0.15) is 0 Å². The van der Waals surface area contributed by atoms with Crippen molar-refractivity contribution >= 4 is 23.0 Å². The predicted molar refractivity (Wildman–Crippen MR) is 84.2 cm³/mol. The number of piperidine rings is 1. The summed E-state index contributed by atoms with van der Waals surface area (Å²) in [6, 6.07) is 2.11. The Labute approximate surface area is 125 Å². The summed E-state index contributed by atoms with van der Waals surface area (Å²) in [7, 11) is 0. The van der Waals surface area contributed by atoms with Crippen molar-refractivity contribution in [2.45, 2.75) is 44.6 Å². The van der Waals surface area contributed by atoms with E-state index in [1.54, 1.807) is 0 Å². The van der Waals surface area contributed by atoms with Gasteiger partial charge >= 0.3 is 0 Å². The number of anilines is 1. The second-order valence-corrected chi connectivity index (χ2v) is 6.65. The largest absolute Gasteiger partial charge is 0.389 e. The molecule has 3 N–H and O–H groups in total. The zero-order chi connectivity index (χ0) is 14.3. The summed E-state index contributed by atoms with van der Waals surface area (Å²) >= 11 is 5.20. The fourth-order valence-corrected chi connectivity index (χ4v) is 3.43. The molecular formula is C15H21N3OS. The maximum absolute atomic E-state index is 10.3. The number of thiocarbonyl (C=S) groups is 1. The zero-order valence-electron chi connectivity index (χ0n) is 11.9. The first-order valence-electron chi connectivity index (χ1n) is 7.26. The first-order valence-corrected chi connectivity index (χ1v) is 7.67. The minimum atomic E-state index is -0.660. The Bertz CT molecular complexity index is 556. The highest BCUT2D eigenvalue weighted by molar-refractivity contribution is 7.80. The van der Waals surface area contributed by atoms with Gasteiger partial charge in [0.1, 0.15) is 10.8 Å². The van der Waals surface area contributed by atoms with Crippen LogP contribution in [0.1, 0.15) is 43.0 Å². The molecule has 1 saturated heterocycles. The third-order valence-corrected chi connectivity index (χ3v) is 4.49. The number of nitrogens with zero attached hydrogens (tertiary/aromatic N) is 2. The van der Waals surface area contributed by atoms with E-state index >= 15 is 0 Å². The lowest BCUT2D eigenvalue weighted by atomic mass is 9.95. The molecule has 108 valence electrons. The Morgan fingerprint density at radius 3 is 2.95 bits per heavy atom. The van der Waals surface area contributed by atoms with Crippen molar-refractivity contribution in [3.8, 4) is 0 Å². The van der Waals surface area contributed by atoms with Crippen molar-refractivity contribution in [3.63, 3.8) is 0 Å². The molecule has 1 aromatic heterocycles. The Hall–Kier alpha value is -1.20. The number of rotatable bonds is 2. The number of fused-ring (bicyclic) bond motifs is 1. The van der Waals surface area contributed by atoms with Crippen LogP contribution in [0, 0.1) is 0 Å². The molecule has 1 aromatic rings. The smallest absolute Gasteiger partial charge is 0.139 e. The summed E-state index contributed by atoms with van der Waals surface area (Å²) in [4.78, 5) is 7.34. The van der Waals surface area contributed by atoms with Crippen LogP contribution in [-0.2, 0) is 12.8 Å². The van der Waals surface area contributed by atoms with E-state index in [1.807, 2.05) is 6.92 Å². The van der Waals surface area contributed by atoms with E-state index in [2.05, 4.69) is 11.0 Å². The second-order valence-electron chi connectivity index (χ2n) is 6.21. The molecule has 1 aliphatic heterocycles. The summed E-state index contributed by atoms with van der Waals surface area (Å²) in [6.45, 7) is 3.37. The van der Waals surface area contributed by atoms with Crippen LogP contribution in [0.25, 0.3) is 0 Å². The van der Waals surface area contributed by atoms with Gasteiger partial charge < -0.3 is 15.7 Å². The van der Waals surface area contributed by atoms with Gasteiger partial charge in [0.25, 0.3) is 0 Å². The van der Waals surface area contributed by atoms with E-state index in [0.717, 1.165) is 50.0 Å². The van der Waals surface area contributed by atoms with Gasteiger partial charge in [-0.05, 0) is 50.7 Å². The number of hydrogen-bond acceptors (Lipinski definition) is 4. The molecule has 0 amide bonds. The molecule has 4 nitrogen and oxygen atoms in total. The molecule has 1 atom stereocenters. The summed E-state index contributed by atoms with van der Waals surface area (Å²) in [6.07, 6.45) is 5.04. The first-order chi connectivity index (χ1) is 9.46. The lowest BCUT2D eigenvalue weighted by Crippen LogP contribution is -2.47. The maximum Gasteiger partial charge on any atom is 0.139 e.